The Kier molecular flexibility index (Phi) is 3.39. The Morgan fingerprint density at radius 2 is 2.00 bits per heavy atom. The average molecular weight is 289 g/mol. The Labute approximate surface area is 104 Å². The van der Waals surface area contributed by atoms with E-state index in [1.165, 1.54) is 31.2 Å². The molecule has 2 N–H and O–H groups in total. The van der Waals surface area contributed by atoms with Gasteiger partial charge in [0.15, 0.2) is 0 Å². The fourth-order valence-electron chi connectivity index (χ4n) is 2.54. The molecule has 1 aliphatic carbocycles. The summed E-state index contributed by atoms with van der Waals surface area (Å²) in [6.45, 7) is 0.698. The highest BCUT2D eigenvalue weighted by Gasteiger charge is 2.35. The van der Waals surface area contributed by atoms with Gasteiger partial charge in [0.25, 0.3) is 0 Å². The largest absolute Gasteiger partial charge is 0.330 e. The molecule has 0 atom stereocenters. The van der Waals surface area contributed by atoms with Crippen molar-refractivity contribution in [3.05, 3.63) is 33.3 Å². The van der Waals surface area contributed by atoms with Gasteiger partial charge in [0.2, 0.25) is 0 Å². The lowest BCUT2D eigenvalue weighted by Crippen LogP contribution is -2.32. The summed E-state index contributed by atoms with van der Waals surface area (Å²) in [6, 6.07) is 6.06. The van der Waals surface area contributed by atoms with Gasteiger partial charge < -0.3 is 5.73 Å². The van der Waals surface area contributed by atoms with Gasteiger partial charge in [-0.05, 0) is 36.6 Å². The molecule has 3 heteroatoms. The minimum Gasteiger partial charge on any atom is -0.330 e. The van der Waals surface area contributed by atoms with Gasteiger partial charge in [0, 0.05) is 21.5 Å². The van der Waals surface area contributed by atoms with Crippen LogP contribution >= 0.6 is 27.5 Å². The predicted molar refractivity (Wildman–Crippen MR) is 68.4 cm³/mol. The molecule has 1 fully saturated rings. The van der Waals surface area contributed by atoms with Crippen molar-refractivity contribution in [1.82, 2.24) is 0 Å². The molecule has 1 aromatic rings. The van der Waals surface area contributed by atoms with Crippen molar-refractivity contribution in [2.75, 3.05) is 6.54 Å². The van der Waals surface area contributed by atoms with Crippen LogP contribution in [0.5, 0.6) is 0 Å². The van der Waals surface area contributed by atoms with Gasteiger partial charge in [-0.15, -0.1) is 0 Å². The fourth-order valence-corrected chi connectivity index (χ4v) is 3.22. The highest BCUT2D eigenvalue weighted by atomic mass is 79.9. The van der Waals surface area contributed by atoms with E-state index in [2.05, 4.69) is 22.0 Å². The van der Waals surface area contributed by atoms with Crippen molar-refractivity contribution in [3.8, 4) is 0 Å². The van der Waals surface area contributed by atoms with Crippen LogP contribution in [0.25, 0.3) is 0 Å². The Hall–Kier alpha value is -0.0500. The Morgan fingerprint density at radius 1 is 1.33 bits per heavy atom. The second-order valence-corrected chi connectivity index (χ2v) is 5.64. The average Bonchev–Trinajstić information content (AvgIpc) is 2.71. The molecule has 0 aliphatic heterocycles. The molecule has 0 saturated heterocycles. The zero-order valence-corrected chi connectivity index (χ0v) is 10.9. The lowest BCUT2D eigenvalue weighted by Gasteiger charge is -2.29. The third-order valence-corrected chi connectivity index (χ3v) is 4.27. The molecule has 0 amide bonds. The molecule has 1 aromatic carbocycles. The molecule has 15 heavy (non-hydrogen) atoms. The van der Waals surface area contributed by atoms with E-state index in [1.54, 1.807) is 0 Å². The Bertz CT molecular complexity index is 359. The maximum absolute atomic E-state index is 6.27. The summed E-state index contributed by atoms with van der Waals surface area (Å²) >= 11 is 9.77. The monoisotopic (exact) mass is 287 g/mol. The van der Waals surface area contributed by atoms with Crippen LogP contribution in [0.3, 0.4) is 0 Å². The van der Waals surface area contributed by atoms with Crippen molar-refractivity contribution < 1.29 is 0 Å². The summed E-state index contributed by atoms with van der Waals surface area (Å²) in [5.41, 5.74) is 7.29. The zero-order chi connectivity index (χ0) is 10.9. The zero-order valence-electron chi connectivity index (χ0n) is 8.60. The number of nitrogens with two attached hydrogens (primary N) is 1. The van der Waals surface area contributed by atoms with E-state index < -0.39 is 0 Å². The van der Waals surface area contributed by atoms with Crippen molar-refractivity contribution in [2.45, 2.75) is 31.1 Å². The number of hydrogen-bond acceptors (Lipinski definition) is 1. The smallest absolute Gasteiger partial charge is 0.0444 e. The van der Waals surface area contributed by atoms with Gasteiger partial charge >= 0.3 is 0 Å². The summed E-state index contributed by atoms with van der Waals surface area (Å²) in [5.74, 6) is 0. The van der Waals surface area contributed by atoms with E-state index in [-0.39, 0.29) is 5.41 Å². The highest BCUT2D eigenvalue weighted by molar-refractivity contribution is 9.10. The van der Waals surface area contributed by atoms with Crippen LogP contribution in [0, 0.1) is 0 Å². The minimum atomic E-state index is 0.126. The molecule has 0 aromatic heterocycles. The molecule has 2 rings (SSSR count). The molecular weight excluding hydrogens is 273 g/mol. The molecule has 0 heterocycles. The molecular formula is C12H15BrClN. The van der Waals surface area contributed by atoms with Gasteiger partial charge in [-0.2, -0.15) is 0 Å². The first-order valence-electron chi connectivity index (χ1n) is 5.33. The standard InChI is InChI=1S/C12H15BrClN/c13-9-3-4-11(14)10(7-9)12(8-15)5-1-2-6-12/h3-4,7H,1-2,5-6,8,15H2. The van der Waals surface area contributed by atoms with Gasteiger partial charge in [-0.25, -0.2) is 0 Å². The van der Waals surface area contributed by atoms with Crippen LogP contribution in [0.1, 0.15) is 31.2 Å². The summed E-state index contributed by atoms with van der Waals surface area (Å²) < 4.78 is 1.08. The number of rotatable bonds is 2. The molecule has 1 aliphatic rings. The Morgan fingerprint density at radius 3 is 2.60 bits per heavy atom. The molecule has 0 spiro atoms. The normalized spacial score (nSPS) is 19.4. The van der Waals surface area contributed by atoms with Crippen molar-refractivity contribution in [1.29, 1.82) is 0 Å². The number of hydrogen-bond donors (Lipinski definition) is 1. The van der Waals surface area contributed by atoms with Crippen LogP contribution in [-0.4, -0.2) is 6.54 Å². The molecule has 1 nitrogen and oxygen atoms in total. The van der Waals surface area contributed by atoms with E-state index in [0.717, 1.165) is 9.50 Å². The highest BCUT2D eigenvalue weighted by Crippen LogP contribution is 2.43. The third-order valence-electron chi connectivity index (χ3n) is 3.45. The first-order chi connectivity index (χ1) is 7.18. The van der Waals surface area contributed by atoms with Crippen molar-refractivity contribution in [3.63, 3.8) is 0 Å². The van der Waals surface area contributed by atoms with Crippen LogP contribution in [0.2, 0.25) is 5.02 Å². The molecule has 0 unspecified atom stereocenters. The van der Waals surface area contributed by atoms with Gasteiger partial charge in [0.1, 0.15) is 0 Å². The summed E-state index contributed by atoms with van der Waals surface area (Å²) in [5, 5.41) is 0.852. The predicted octanol–water partition coefficient (Wildman–Crippen LogP) is 3.87. The summed E-state index contributed by atoms with van der Waals surface area (Å²) in [4.78, 5) is 0. The van der Waals surface area contributed by atoms with Crippen molar-refractivity contribution >= 4 is 27.5 Å². The molecule has 0 radical (unpaired) electrons. The lowest BCUT2D eigenvalue weighted by molar-refractivity contribution is 0.453. The fraction of sp³-hybridized carbons (Fsp3) is 0.500. The number of halogens is 2. The summed E-state index contributed by atoms with van der Waals surface area (Å²) in [6.07, 6.45) is 4.86. The lowest BCUT2D eigenvalue weighted by atomic mass is 9.79. The van der Waals surface area contributed by atoms with Gasteiger partial charge in [0.05, 0.1) is 0 Å². The van der Waals surface area contributed by atoms with E-state index in [1.807, 2.05) is 12.1 Å². The van der Waals surface area contributed by atoms with E-state index in [9.17, 15) is 0 Å². The van der Waals surface area contributed by atoms with E-state index in [0.29, 0.717) is 6.54 Å². The maximum atomic E-state index is 6.27. The minimum absolute atomic E-state index is 0.126. The molecule has 82 valence electrons. The van der Waals surface area contributed by atoms with Crippen molar-refractivity contribution in [2.24, 2.45) is 5.73 Å². The van der Waals surface area contributed by atoms with Crippen LogP contribution < -0.4 is 5.73 Å². The van der Waals surface area contributed by atoms with Crippen LogP contribution in [0.4, 0.5) is 0 Å². The van der Waals surface area contributed by atoms with Gasteiger partial charge in [-0.3, -0.25) is 0 Å². The molecule has 0 bridgehead atoms. The Balaban J connectivity index is 2.46. The first kappa shape index (κ1) is 11.4. The van der Waals surface area contributed by atoms with E-state index >= 15 is 0 Å². The SMILES string of the molecule is NCC1(c2cc(Br)ccc2Cl)CCCC1. The molecule has 1 saturated carbocycles. The van der Waals surface area contributed by atoms with Crippen LogP contribution in [0.15, 0.2) is 22.7 Å². The second-order valence-electron chi connectivity index (χ2n) is 4.32. The van der Waals surface area contributed by atoms with E-state index in [4.69, 9.17) is 17.3 Å². The first-order valence-corrected chi connectivity index (χ1v) is 6.51. The van der Waals surface area contributed by atoms with Gasteiger partial charge in [-0.1, -0.05) is 40.4 Å². The quantitative estimate of drug-likeness (QED) is 0.878. The maximum Gasteiger partial charge on any atom is 0.0444 e. The van der Waals surface area contributed by atoms with Crippen LogP contribution in [-0.2, 0) is 5.41 Å². The third kappa shape index (κ3) is 2.08. The topological polar surface area (TPSA) is 26.0 Å². The second kappa shape index (κ2) is 4.44. The number of benzene rings is 1. The summed E-state index contributed by atoms with van der Waals surface area (Å²) in [7, 11) is 0.